The van der Waals surface area contributed by atoms with Gasteiger partial charge < -0.3 is 15.3 Å². The molecular formula is C24H24FNO4S. The van der Waals surface area contributed by atoms with E-state index in [-0.39, 0.29) is 12.2 Å². The van der Waals surface area contributed by atoms with Crippen LogP contribution in [0.4, 0.5) is 4.39 Å². The zero-order valence-corrected chi connectivity index (χ0v) is 17.9. The highest BCUT2D eigenvalue weighted by Gasteiger charge is 2.30. The molecule has 0 aliphatic heterocycles. The number of halogens is 1. The fourth-order valence-corrected chi connectivity index (χ4v) is 4.72. The molecule has 0 bridgehead atoms. The van der Waals surface area contributed by atoms with Crippen LogP contribution in [0, 0.1) is 12.7 Å². The Bertz CT molecular complexity index is 1130. The second-order valence-corrected chi connectivity index (χ2v) is 9.29. The van der Waals surface area contributed by atoms with Crippen molar-refractivity contribution in [3.63, 3.8) is 0 Å². The maximum atomic E-state index is 13.6. The molecule has 1 aromatic carbocycles. The smallest absolute Gasteiger partial charge is 0.305 e. The van der Waals surface area contributed by atoms with Crippen LogP contribution in [-0.4, -0.2) is 38.5 Å². The predicted molar refractivity (Wildman–Crippen MR) is 120 cm³/mol. The molecule has 0 radical (unpaired) electrons. The molecular weight excluding hydrogens is 417 g/mol. The third kappa shape index (κ3) is 5.01. The van der Waals surface area contributed by atoms with Crippen LogP contribution in [0.1, 0.15) is 47.7 Å². The fraction of sp³-hybridized carbons (Fsp3) is 0.333. The van der Waals surface area contributed by atoms with Gasteiger partial charge in [0.15, 0.2) is 0 Å². The number of carbonyl (C=O) groups is 1. The molecule has 31 heavy (non-hydrogen) atoms. The lowest BCUT2D eigenvalue weighted by molar-refractivity contribution is -0.139. The van der Waals surface area contributed by atoms with Crippen LogP contribution in [0.5, 0.6) is 0 Å². The molecule has 0 amide bonds. The van der Waals surface area contributed by atoms with E-state index in [0.717, 1.165) is 50.3 Å². The van der Waals surface area contributed by atoms with Gasteiger partial charge in [0.25, 0.3) is 0 Å². The van der Waals surface area contributed by atoms with E-state index in [4.69, 9.17) is 10.1 Å². The molecule has 162 valence electrons. The van der Waals surface area contributed by atoms with Crippen molar-refractivity contribution >= 4 is 33.6 Å². The molecule has 0 unspecified atom stereocenters. The summed E-state index contributed by atoms with van der Waals surface area (Å²) in [4.78, 5) is 17.7. The Morgan fingerprint density at radius 1 is 1.29 bits per heavy atom. The van der Waals surface area contributed by atoms with Crippen molar-refractivity contribution in [3.05, 3.63) is 58.4 Å². The lowest BCUT2D eigenvalue weighted by atomic mass is 9.93. The molecule has 4 rings (SSSR count). The lowest BCUT2D eigenvalue weighted by Gasteiger charge is -2.15. The third-order valence-electron chi connectivity index (χ3n) is 5.38. The summed E-state index contributed by atoms with van der Waals surface area (Å²) < 4.78 is 13.6. The molecule has 2 aromatic heterocycles. The van der Waals surface area contributed by atoms with Gasteiger partial charge >= 0.3 is 5.97 Å². The van der Waals surface area contributed by atoms with Gasteiger partial charge in [0, 0.05) is 33.7 Å². The summed E-state index contributed by atoms with van der Waals surface area (Å²) in [6.07, 6.45) is 2.87. The minimum Gasteiger partial charge on any atom is -0.481 e. The van der Waals surface area contributed by atoms with Gasteiger partial charge in [-0.3, -0.25) is 4.79 Å². The Labute approximate surface area is 183 Å². The summed E-state index contributed by atoms with van der Waals surface area (Å²) in [5.74, 6) is -1.07. The average Bonchev–Trinajstić information content (AvgIpc) is 3.46. The van der Waals surface area contributed by atoms with E-state index in [1.165, 1.54) is 12.1 Å². The summed E-state index contributed by atoms with van der Waals surface area (Å²) in [7, 11) is 0. The number of nitrogens with zero attached hydrogens (tertiary/aromatic N) is 1. The summed E-state index contributed by atoms with van der Waals surface area (Å²) in [5, 5.41) is 30.0. The van der Waals surface area contributed by atoms with Crippen LogP contribution < -0.4 is 0 Å². The average molecular weight is 442 g/mol. The number of carboxylic acid groups (broad SMARTS) is 1. The van der Waals surface area contributed by atoms with E-state index in [0.29, 0.717) is 5.92 Å². The number of benzene rings is 1. The first-order valence-electron chi connectivity index (χ1n) is 10.3. The van der Waals surface area contributed by atoms with Gasteiger partial charge in [-0.25, -0.2) is 9.37 Å². The Morgan fingerprint density at radius 3 is 2.65 bits per heavy atom. The minimum atomic E-state index is -1.13. The zero-order valence-electron chi connectivity index (χ0n) is 17.1. The number of pyridine rings is 1. The number of carboxylic acids is 1. The van der Waals surface area contributed by atoms with Crippen molar-refractivity contribution in [2.75, 3.05) is 0 Å². The standard InChI is InChI=1S/C24H24FNO4S/c1-13-10-20-22(14-4-6-16(25)7-5-14)19(23(15-2-3-15)26-24(20)31-13)9-8-17(27)11-18(28)12-21(29)30/h4-10,15,17-18,27-28H,2-3,11-12H2,1H3,(H,29,30)/b9-8+/t17-,18-/m1/s1. The van der Waals surface area contributed by atoms with Crippen molar-refractivity contribution in [1.82, 2.24) is 4.98 Å². The highest BCUT2D eigenvalue weighted by atomic mass is 32.1. The molecule has 1 aliphatic carbocycles. The number of aliphatic hydroxyl groups excluding tert-OH is 2. The highest BCUT2D eigenvalue weighted by Crippen LogP contribution is 2.46. The first-order chi connectivity index (χ1) is 14.8. The van der Waals surface area contributed by atoms with Crippen LogP contribution in [0.15, 0.2) is 36.4 Å². The number of hydrogen-bond acceptors (Lipinski definition) is 5. The minimum absolute atomic E-state index is 0.0688. The monoisotopic (exact) mass is 441 g/mol. The third-order valence-corrected chi connectivity index (χ3v) is 6.32. The van der Waals surface area contributed by atoms with Crippen LogP contribution >= 0.6 is 11.3 Å². The summed E-state index contributed by atoms with van der Waals surface area (Å²) in [6.45, 7) is 2.03. The van der Waals surface area contributed by atoms with E-state index in [2.05, 4.69) is 6.07 Å². The normalized spacial score (nSPS) is 16.1. The van der Waals surface area contributed by atoms with E-state index < -0.39 is 24.6 Å². The first kappa shape index (κ1) is 21.6. The maximum Gasteiger partial charge on any atom is 0.305 e. The molecule has 7 heteroatoms. The second kappa shape index (κ2) is 8.86. The molecule has 1 aliphatic rings. The molecule has 2 atom stereocenters. The van der Waals surface area contributed by atoms with Crippen LogP contribution in [0.2, 0.25) is 0 Å². The second-order valence-electron chi connectivity index (χ2n) is 8.06. The molecule has 0 saturated heterocycles. The molecule has 5 nitrogen and oxygen atoms in total. The predicted octanol–water partition coefficient (Wildman–Crippen LogP) is 4.89. The van der Waals surface area contributed by atoms with Crippen molar-refractivity contribution in [3.8, 4) is 11.1 Å². The van der Waals surface area contributed by atoms with Gasteiger partial charge in [0.1, 0.15) is 10.6 Å². The van der Waals surface area contributed by atoms with E-state index in [1.54, 1.807) is 29.5 Å². The number of aliphatic carboxylic acids is 1. The van der Waals surface area contributed by atoms with Crippen LogP contribution in [-0.2, 0) is 4.79 Å². The maximum absolute atomic E-state index is 13.6. The highest BCUT2D eigenvalue weighted by molar-refractivity contribution is 7.18. The lowest BCUT2D eigenvalue weighted by Crippen LogP contribution is -2.19. The van der Waals surface area contributed by atoms with Gasteiger partial charge in [0.2, 0.25) is 0 Å². The molecule has 3 N–H and O–H groups in total. The first-order valence-corrected chi connectivity index (χ1v) is 11.1. The summed E-state index contributed by atoms with van der Waals surface area (Å²) >= 11 is 1.62. The fourth-order valence-electron chi connectivity index (χ4n) is 3.82. The summed E-state index contributed by atoms with van der Waals surface area (Å²) in [6, 6.07) is 8.44. The number of aliphatic hydroxyl groups is 2. The summed E-state index contributed by atoms with van der Waals surface area (Å²) in [5.41, 5.74) is 3.66. The van der Waals surface area contributed by atoms with E-state index in [9.17, 15) is 19.4 Å². The Morgan fingerprint density at radius 2 is 2.00 bits per heavy atom. The number of aryl methyl sites for hydroxylation is 1. The van der Waals surface area contributed by atoms with E-state index in [1.807, 2.05) is 13.0 Å². The topological polar surface area (TPSA) is 90.7 Å². The molecule has 1 saturated carbocycles. The number of thiophene rings is 1. The van der Waals surface area contributed by atoms with Crippen molar-refractivity contribution in [1.29, 1.82) is 0 Å². The van der Waals surface area contributed by atoms with Crippen molar-refractivity contribution in [2.24, 2.45) is 0 Å². The van der Waals surface area contributed by atoms with Crippen molar-refractivity contribution < 1.29 is 24.5 Å². The molecule has 0 spiro atoms. The number of hydrogen-bond donors (Lipinski definition) is 3. The molecule has 3 aromatic rings. The zero-order chi connectivity index (χ0) is 22.1. The van der Waals surface area contributed by atoms with E-state index >= 15 is 0 Å². The van der Waals surface area contributed by atoms with Gasteiger partial charge in [-0.1, -0.05) is 24.3 Å². The van der Waals surface area contributed by atoms with Crippen LogP contribution in [0.25, 0.3) is 27.4 Å². The molecule has 2 heterocycles. The number of rotatable bonds is 8. The number of aromatic nitrogens is 1. The Kier molecular flexibility index (Phi) is 6.18. The van der Waals surface area contributed by atoms with Gasteiger partial charge in [-0.2, -0.15) is 0 Å². The van der Waals surface area contributed by atoms with Crippen molar-refractivity contribution in [2.45, 2.75) is 50.7 Å². The van der Waals surface area contributed by atoms with Gasteiger partial charge in [-0.15, -0.1) is 11.3 Å². The quantitative estimate of drug-likeness (QED) is 0.463. The van der Waals surface area contributed by atoms with Gasteiger partial charge in [-0.05, 0) is 43.5 Å². The molecule has 1 fully saturated rings. The Balaban J connectivity index is 1.79. The Hall–Kier alpha value is -2.61. The number of fused-ring (bicyclic) bond motifs is 1. The van der Waals surface area contributed by atoms with Crippen LogP contribution in [0.3, 0.4) is 0 Å². The van der Waals surface area contributed by atoms with Gasteiger partial charge in [0.05, 0.1) is 24.3 Å². The largest absolute Gasteiger partial charge is 0.481 e. The SMILES string of the molecule is Cc1cc2c(-c3ccc(F)cc3)c(/C=C/[C@@H](O)C[C@@H](O)CC(=O)O)c(C3CC3)nc2s1.